The molecule has 12 heteroatoms. The average molecular weight is 546 g/mol. The first-order valence-electron chi connectivity index (χ1n) is 11.0. The number of ether oxygens (including phenoxy) is 3. The van der Waals surface area contributed by atoms with E-state index < -0.39 is 60.0 Å². The Balaban J connectivity index is 2.20. The van der Waals surface area contributed by atoms with Gasteiger partial charge in [0.25, 0.3) is 5.56 Å². The van der Waals surface area contributed by atoms with Crippen molar-refractivity contribution in [3.8, 4) is 0 Å². The zero-order chi connectivity index (χ0) is 25.6. The van der Waals surface area contributed by atoms with E-state index in [1.54, 1.807) is 27.7 Å². The van der Waals surface area contributed by atoms with Gasteiger partial charge in [0.15, 0.2) is 0 Å². The zero-order valence-electron chi connectivity index (χ0n) is 19.9. The summed E-state index contributed by atoms with van der Waals surface area (Å²) in [5.74, 6) is -0.962. The monoisotopic (exact) mass is 545 g/mol. The largest absolute Gasteiger partial charge is 0.458 e. The molecule has 0 spiro atoms. The Kier molecular flexibility index (Phi) is 9.65. The van der Waals surface area contributed by atoms with E-state index in [0.29, 0.717) is 6.42 Å². The number of aliphatic hydroxyl groups is 1. The lowest BCUT2D eigenvalue weighted by atomic mass is 9.99. The number of hydrogen-bond acceptors (Lipinski definition) is 8. The number of rotatable bonds is 8. The SMILES string of the molecule is CC[C@H](C)[C@H](NC(=O)OC(C)(C)C)C(=O)O[C@H]1C[C@H](n2cc(/C=C/Br)c(=O)[nH]c2=O)O[C@@H]1CO. The first-order valence-corrected chi connectivity index (χ1v) is 11.9. The second-order valence-electron chi connectivity index (χ2n) is 9.08. The summed E-state index contributed by atoms with van der Waals surface area (Å²) in [6, 6.07) is -0.982. The van der Waals surface area contributed by atoms with E-state index in [1.807, 2.05) is 6.92 Å². The Bertz CT molecular complexity index is 1010. The number of alkyl carbamates (subject to hydrolysis) is 1. The molecule has 5 atom stereocenters. The number of esters is 1. The van der Waals surface area contributed by atoms with Crippen molar-refractivity contribution in [2.24, 2.45) is 5.92 Å². The summed E-state index contributed by atoms with van der Waals surface area (Å²) in [5.41, 5.74) is -1.80. The van der Waals surface area contributed by atoms with Crippen LogP contribution < -0.4 is 16.6 Å². The van der Waals surface area contributed by atoms with Crippen LogP contribution in [0.15, 0.2) is 20.8 Å². The van der Waals surface area contributed by atoms with Gasteiger partial charge >= 0.3 is 17.8 Å². The topological polar surface area (TPSA) is 149 Å². The van der Waals surface area contributed by atoms with E-state index in [9.17, 15) is 24.3 Å². The van der Waals surface area contributed by atoms with Gasteiger partial charge < -0.3 is 24.6 Å². The normalized spacial score (nSPS) is 22.4. The van der Waals surface area contributed by atoms with Crippen LogP contribution in [0, 0.1) is 5.92 Å². The standard InChI is InChI=1S/C22H32BrN3O8/c1-6-12(2)17(24-21(31)34-22(3,4)5)19(29)33-14-9-16(32-15(14)11-27)26-10-13(7-8-23)18(28)25-20(26)30/h7-8,10,12,14-17,27H,6,9,11H2,1-5H3,(H,24,31)(H,25,28,30)/b8-7+/t12-,14-,15+,16+,17-/m0/s1. The fourth-order valence-corrected chi connectivity index (χ4v) is 3.67. The Morgan fingerprint density at radius 1 is 1.41 bits per heavy atom. The lowest BCUT2D eigenvalue weighted by Crippen LogP contribution is -2.49. The Hall–Kier alpha value is -2.44. The minimum atomic E-state index is -0.982. The predicted molar refractivity (Wildman–Crippen MR) is 127 cm³/mol. The number of nitrogens with one attached hydrogen (secondary N) is 2. The second kappa shape index (κ2) is 11.8. The van der Waals surface area contributed by atoms with E-state index in [4.69, 9.17) is 14.2 Å². The zero-order valence-corrected chi connectivity index (χ0v) is 21.5. The highest BCUT2D eigenvalue weighted by molar-refractivity contribution is 9.11. The van der Waals surface area contributed by atoms with Crippen molar-refractivity contribution in [1.82, 2.24) is 14.9 Å². The van der Waals surface area contributed by atoms with Gasteiger partial charge in [-0.25, -0.2) is 14.4 Å². The van der Waals surface area contributed by atoms with Crippen molar-refractivity contribution in [2.45, 2.75) is 77.5 Å². The van der Waals surface area contributed by atoms with Gasteiger partial charge in [0.2, 0.25) is 0 Å². The quantitative estimate of drug-likeness (QED) is 0.420. The molecule has 1 fully saturated rings. The molecule has 1 saturated heterocycles. The Labute approximate surface area is 205 Å². The van der Waals surface area contributed by atoms with E-state index in [2.05, 4.69) is 26.2 Å². The molecule has 34 heavy (non-hydrogen) atoms. The number of aromatic nitrogens is 2. The van der Waals surface area contributed by atoms with Crippen LogP contribution in [0.1, 0.15) is 59.3 Å². The summed E-state index contributed by atoms with van der Waals surface area (Å²) in [5, 5.41) is 12.3. The van der Waals surface area contributed by atoms with Crippen LogP contribution in [-0.4, -0.2) is 57.2 Å². The fraction of sp³-hybridized carbons (Fsp3) is 0.636. The number of halogens is 1. The van der Waals surface area contributed by atoms with E-state index in [-0.39, 0.29) is 17.9 Å². The third kappa shape index (κ3) is 7.28. The number of nitrogens with zero attached hydrogens (tertiary/aromatic N) is 1. The van der Waals surface area contributed by atoms with Gasteiger partial charge in [0.1, 0.15) is 30.1 Å². The number of aromatic amines is 1. The highest BCUT2D eigenvalue weighted by atomic mass is 79.9. The van der Waals surface area contributed by atoms with Crippen LogP contribution in [-0.2, 0) is 19.0 Å². The summed E-state index contributed by atoms with van der Waals surface area (Å²) < 4.78 is 17.8. The Morgan fingerprint density at radius 3 is 2.65 bits per heavy atom. The highest BCUT2D eigenvalue weighted by Crippen LogP contribution is 2.30. The maximum atomic E-state index is 13.0. The van der Waals surface area contributed by atoms with Crippen LogP contribution in [0.2, 0.25) is 0 Å². The number of carbonyl (C=O) groups excluding carboxylic acids is 2. The first-order chi connectivity index (χ1) is 15.9. The minimum absolute atomic E-state index is 0.0556. The van der Waals surface area contributed by atoms with Crippen molar-refractivity contribution in [3.05, 3.63) is 37.6 Å². The number of aliphatic hydroxyl groups excluding tert-OH is 1. The molecule has 0 unspecified atom stereocenters. The second-order valence-corrected chi connectivity index (χ2v) is 9.60. The molecule has 0 aliphatic carbocycles. The third-order valence-corrected chi connectivity index (χ3v) is 5.58. The summed E-state index contributed by atoms with van der Waals surface area (Å²) in [4.78, 5) is 53.2. The molecule has 2 heterocycles. The minimum Gasteiger partial charge on any atom is -0.458 e. The first kappa shape index (κ1) is 27.8. The average Bonchev–Trinajstić information content (AvgIpc) is 3.14. The number of hydrogen-bond donors (Lipinski definition) is 3. The molecule has 1 amide bonds. The van der Waals surface area contributed by atoms with Crippen molar-refractivity contribution < 1.29 is 28.9 Å². The molecule has 2 rings (SSSR count). The summed E-state index contributed by atoms with van der Waals surface area (Å²) in [6.45, 7) is 8.33. The molecule has 0 radical (unpaired) electrons. The Morgan fingerprint density at radius 2 is 2.09 bits per heavy atom. The lowest BCUT2D eigenvalue weighted by molar-refractivity contribution is -0.157. The number of H-pyrrole nitrogens is 1. The van der Waals surface area contributed by atoms with Gasteiger partial charge in [0, 0.05) is 12.6 Å². The summed E-state index contributed by atoms with van der Waals surface area (Å²) in [6.07, 6.45) is 0.00624. The van der Waals surface area contributed by atoms with Gasteiger partial charge in [-0.05, 0) is 37.8 Å². The molecule has 0 aromatic carbocycles. The molecular weight excluding hydrogens is 514 g/mol. The highest BCUT2D eigenvalue weighted by Gasteiger charge is 2.41. The van der Waals surface area contributed by atoms with E-state index >= 15 is 0 Å². The molecule has 0 bridgehead atoms. The molecule has 3 N–H and O–H groups in total. The maximum absolute atomic E-state index is 13.0. The molecular formula is C22H32BrN3O8. The number of carbonyl (C=O) groups is 2. The number of amides is 1. The van der Waals surface area contributed by atoms with Crippen molar-refractivity contribution >= 4 is 34.1 Å². The van der Waals surface area contributed by atoms with Gasteiger partial charge in [-0.3, -0.25) is 14.3 Å². The van der Waals surface area contributed by atoms with Crippen LogP contribution in [0.3, 0.4) is 0 Å². The van der Waals surface area contributed by atoms with Crippen molar-refractivity contribution in [2.75, 3.05) is 6.61 Å². The predicted octanol–water partition coefficient (Wildman–Crippen LogP) is 2.03. The lowest BCUT2D eigenvalue weighted by Gasteiger charge is -2.27. The molecule has 11 nitrogen and oxygen atoms in total. The van der Waals surface area contributed by atoms with E-state index in [0.717, 1.165) is 0 Å². The molecule has 0 saturated carbocycles. The van der Waals surface area contributed by atoms with E-state index in [1.165, 1.54) is 21.8 Å². The fourth-order valence-electron chi connectivity index (χ4n) is 3.39. The smallest absolute Gasteiger partial charge is 0.408 e. The van der Waals surface area contributed by atoms with Gasteiger partial charge in [-0.15, -0.1) is 0 Å². The summed E-state index contributed by atoms with van der Waals surface area (Å²) >= 11 is 3.09. The molecule has 190 valence electrons. The molecule has 1 aliphatic rings. The van der Waals surface area contributed by atoms with Crippen LogP contribution in [0.4, 0.5) is 4.79 Å². The van der Waals surface area contributed by atoms with Crippen molar-refractivity contribution in [1.29, 1.82) is 0 Å². The molecule has 1 aromatic heterocycles. The van der Waals surface area contributed by atoms with Gasteiger partial charge in [0.05, 0.1) is 12.2 Å². The third-order valence-electron chi connectivity index (χ3n) is 5.32. The van der Waals surface area contributed by atoms with Crippen LogP contribution in [0.5, 0.6) is 0 Å². The molecule has 1 aromatic rings. The maximum Gasteiger partial charge on any atom is 0.408 e. The van der Waals surface area contributed by atoms with Gasteiger partial charge in [-0.1, -0.05) is 36.2 Å². The van der Waals surface area contributed by atoms with Gasteiger partial charge in [-0.2, -0.15) is 0 Å². The van der Waals surface area contributed by atoms with Crippen LogP contribution in [0.25, 0.3) is 6.08 Å². The van der Waals surface area contributed by atoms with Crippen molar-refractivity contribution in [3.63, 3.8) is 0 Å². The summed E-state index contributed by atoms with van der Waals surface area (Å²) in [7, 11) is 0. The molecule has 1 aliphatic heterocycles. The van der Waals surface area contributed by atoms with Crippen LogP contribution >= 0.6 is 15.9 Å².